The molecule has 28 heavy (non-hydrogen) atoms. The molecule has 0 saturated carbocycles. The number of carbonyl (C=O) groups excluding carboxylic acids is 1. The third kappa shape index (κ3) is 3.46. The molecule has 1 atom stereocenters. The van der Waals surface area contributed by atoms with E-state index >= 15 is 0 Å². The predicted octanol–water partition coefficient (Wildman–Crippen LogP) is 4.51. The van der Waals surface area contributed by atoms with E-state index in [0.717, 1.165) is 21.9 Å². The lowest BCUT2D eigenvalue weighted by Gasteiger charge is -2.25. The molecule has 2 aromatic carbocycles. The quantitative estimate of drug-likeness (QED) is 0.694. The van der Waals surface area contributed by atoms with Crippen LogP contribution in [0.4, 0.5) is 0 Å². The molecule has 1 aliphatic rings. The van der Waals surface area contributed by atoms with Gasteiger partial charge in [0.1, 0.15) is 17.5 Å². The Morgan fingerprint density at radius 3 is 2.46 bits per heavy atom. The molecule has 4 rings (SSSR count). The van der Waals surface area contributed by atoms with E-state index in [0.29, 0.717) is 11.3 Å². The molecule has 142 valence electrons. The molecule has 0 bridgehead atoms. The average Bonchev–Trinajstić information content (AvgIpc) is 3.43. The predicted molar refractivity (Wildman–Crippen MR) is 110 cm³/mol. The standard InChI is InChI=1S/C22H20N2O3S/c1-26-17-10-8-15(9-11-17)19-14-20(21-7-4-12-28-21)24(23-19)22(25)16-5-3-6-18(13-16)27-2/h3-14,20,23H,1-2H3/t20-/m0/s1. The van der Waals surface area contributed by atoms with Gasteiger partial charge in [0.25, 0.3) is 5.91 Å². The second-order valence-corrected chi connectivity index (χ2v) is 7.27. The Bertz CT molecular complexity index is 997. The van der Waals surface area contributed by atoms with Gasteiger partial charge in [-0.15, -0.1) is 11.3 Å². The van der Waals surface area contributed by atoms with Crippen molar-refractivity contribution in [3.63, 3.8) is 0 Å². The first-order chi connectivity index (χ1) is 13.7. The van der Waals surface area contributed by atoms with Crippen molar-refractivity contribution < 1.29 is 14.3 Å². The van der Waals surface area contributed by atoms with Crippen molar-refractivity contribution in [1.29, 1.82) is 0 Å². The Hall–Kier alpha value is -3.25. The largest absolute Gasteiger partial charge is 0.497 e. The van der Waals surface area contributed by atoms with Crippen LogP contribution >= 0.6 is 11.3 Å². The maximum absolute atomic E-state index is 13.3. The van der Waals surface area contributed by atoms with Gasteiger partial charge in [-0.2, -0.15) is 0 Å². The highest BCUT2D eigenvalue weighted by atomic mass is 32.1. The molecule has 0 saturated heterocycles. The van der Waals surface area contributed by atoms with Crippen molar-refractivity contribution in [3.8, 4) is 11.5 Å². The first-order valence-electron chi connectivity index (χ1n) is 8.83. The number of nitrogens with zero attached hydrogens (tertiary/aromatic N) is 1. The minimum absolute atomic E-state index is 0.114. The van der Waals surface area contributed by atoms with Crippen LogP contribution in [0.25, 0.3) is 5.70 Å². The van der Waals surface area contributed by atoms with Crippen molar-refractivity contribution >= 4 is 22.9 Å². The van der Waals surface area contributed by atoms with Gasteiger partial charge in [0.05, 0.1) is 19.9 Å². The van der Waals surface area contributed by atoms with Gasteiger partial charge >= 0.3 is 0 Å². The molecule has 3 aromatic rings. The molecule has 1 N–H and O–H groups in total. The summed E-state index contributed by atoms with van der Waals surface area (Å²) in [6, 6.07) is 18.8. The van der Waals surface area contributed by atoms with Crippen LogP contribution in [0.3, 0.4) is 0 Å². The molecule has 0 aliphatic carbocycles. The molecule has 1 aromatic heterocycles. The zero-order valence-electron chi connectivity index (χ0n) is 15.6. The molecule has 2 heterocycles. The van der Waals surface area contributed by atoms with E-state index in [4.69, 9.17) is 9.47 Å². The summed E-state index contributed by atoms with van der Waals surface area (Å²) in [5.74, 6) is 1.33. The maximum atomic E-state index is 13.3. The highest BCUT2D eigenvalue weighted by Crippen LogP contribution is 2.35. The highest BCUT2D eigenvalue weighted by molar-refractivity contribution is 7.10. The van der Waals surface area contributed by atoms with E-state index in [9.17, 15) is 4.79 Å². The summed E-state index contributed by atoms with van der Waals surface area (Å²) >= 11 is 1.62. The fraction of sp³-hybridized carbons (Fsp3) is 0.136. The molecule has 5 nitrogen and oxygen atoms in total. The van der Waals surface area contributed by atoms with E-state index < -0.39 is 0 Å². The number of ether oxygens (including phenoxy) is 2. The second kappa shape index (κ2) is 7.78. The third-order valence-corrected chi connectivity index (χ3v) is 5.56. The summed E-state index contributed by atoms with van der Waals surface area (Å²) < 4.78 is 10.5. The smallest absolute Gasteiger partial charge is 0.273 e. The van der Waals surface area contributed by atoms with Gasteiger partial charge in [-0.05, 0) is 65.6 Å². The first-order valence-corrected chi connectivity index (χ1v) is 9.71. The van der Waals surface area contributed by atoms with Gasteiger partial charge < -0.3 is 9.47 Å². The van der Waals surface area contributed by atoms with Crippen LogP contribution in [0.5, 0.6) is 11.5 Å². The molecule has 1 aliphatic heterocycles. The number of amides is 1. The van der Waals surface area contributed by atoms with Crippen LogP contribution in [0.1, 0.15) is 26.8 Å². The van der Waals surface area contributed by atoms with Crippen molar-refractivity contribution in [2.45, 2.75) is 6.04 Å². The van der Waals surface area contributed by atoms with Gasteiger partial charge in [0.2, 0.25) is 0 Å². The average molecular weight is 392 g/mol. The van der Waals surface area contributed by atoms with Crippen molar-refractivity contribution in [3.05, 3.63) is 88.1 Å². The third-order valence-electron chi connectivity index (χ3n) is 4.61. The number of rotatable bonds is 5. The molecular formula is C22H20N2O3S. The molecule has 0 spiro atoms. The molecule has 0 unspecified atom stereocenters. The zero-order chi connectivity index (χ0) is 19.5. The molecule has 1 amide bonds. The fourth-order valence-corrected chi connectivity index (χ4v) is 3.93. The van der Waals surface area contributed by atoms with Gasteiger partial charge in [-0.25, -0.2) is 5.01 Å². The lowest BCUT2D eigenvalue weighted by molar-refractivity contribution is 0.0674. The monoisotopic (exact) mass is 392 g/mol. The minimum Gasteiger partial charge on any atom is -0.497 e. The van der Waals surface area contributed by atoms with Gasteiger partial charge in [0, 0.05) is 10.4 Å². The number of hydrazine groups is 1. The number of methoxy groups -OCH3 is 2. The first kappa shape index (κ1) is 18.1. The molecular weight excluding hydrogens is 372 g/mol. The molecule has 6 heteroatoms. The van der Waals surface area contributed by atoms with Crippen LogP contribution in [-0.2, 0) is 0 Å². The van der Waals surface area contributed by atoms with Crippen molar-refractivity contribution in [2.75, 3.05) is 14.2 Å². The lowest BCUT2D eigenvalue weighted by atomic mass is 10.1. The number of thiophene rings is 1. The Balaban J connectivity index is 1.67. The van der Waals surface area contributed by atoms with Gasteiger partial charge in [-0.3, -0.25) is 10.2 Å². The van der Waals surface area contributed by atoms with E-state index in [2.05, 4.69) is 11.5 Å². The number of benzene rings is 2. The van der Waals surface area contributed by atoms with Crippen LogP contribution in [0.15, 0.2) is 72.1 Å². The van der Waals surface area contributed by atoms with Gasteiger partial charge in [-0.1, -0.05) is 12.1 Å². The molecule has 0 fully saturated rings. The van der Waals surface area contributed by atoms with Crippen LogP contribution < -0.4 is 14.9 Å². The normalized spacial score (nSPS) is 15.7. The number of carbonyl (C=O) groups is 1. The van der Waals surface area contributed by atoms with E-state index in [1.807, 2.05) is 53.9 Å². The summed E-state index contributed by atoms with van der Waals surface area (Å²) in [6.45, 7) is 0. The topological polar surface area (TPSA) is 50.8 Å². The van der Waals surface area contributed by atoms with Crippen molar-refractivity contribution in [1.82, 2.24) is 10.4 Å². The summed E-state index contributed by atoms with van der Waals surface area (Å²) in [5.41, 5.74) is 5.73. The minimum atomic E-state index is -0.184. The van der Waals surface area contributed by atoms with Crippen molar-refractivity contribution in [2.24, 2.45) is 0 Å². The lowest BCUT2D eigenvalue weighted by Crippen LogP contribution is -2.39. The number of hydrogen-bond donors (Lipinski definition) is 1. The maximum Gasteiger partial charge on any atom is 0.273 e. The Kier molecular flexibility index (Phi) is 5.04. The van der Waals surface area contributed by atoms with Crippen LogP contribution in [0, 0.1) is 0 Å². The summed E-state index contributed by atoms with van der Waals surface area (Å²) in [7, 11) is 3.24. The van der Waals surface area contributed by atoms with E-state index in [-0.39, 0.29) is 11.9 Å². The van der Waals surface area contributed by atoms with Gasteiger partial charge in [0.15, 0.2) is 0 Å². The number of nitrogens with one attached hydrogen (secondary N) is 1. The summed E-state index contributed by atoms with van der Waals surface area (Å²) in [6.07, 6.45) is 2.08. The zero-order valence-corrected chi connectivity index (χ0v) is 16.4. The second-order valence-electron chi connectivity index (χ2n) is 6.29. The van der Waals surface area contributed by atoms with Crippen LogP contribution in [-0.4, -0.2) is 25.1 Å². The van der Waals surface area contributed by atoms with E-state index in [1.165, 1.54) is 0 Å². The molecule has 0 radical (unpaired) electrons. The van der Waals surface area contributed by atoms with Crippen LogP contribution in [0.2, 0.25) is 0 Å². The van der Waals surface area contributed by atoms with E-state index in [1.54, 1.807) is 42.7 Å². The summed E-state index contributed by atoms with van der Waals surface area (Å²) in [4.78, 5) is 14.3. The SMILES string of the molecule is COc1ccc(C2=C[C@@H](c3cccs3)N(C(=O)c3cccc(OC)c3)N2)cc1. The number of hydrogen-bond acceptors (Lipinski definition) is 5. The Morgan fingerprint density at radius 1 is 1.00 bits per heavy atom. The Labute approximate surface area is 167 Å². The highest BCUT2D eigenvalue weighted by Gasteiger charge is 2.32. The fourth-order valence-electron chi connectivity index (χ4n) is 3.14. The summed E-state index contributed by atoms with van der Waals surface area (Å²) in [5, 5.41) is 3.68. The Morgan fingerprint density at radius 2 is 1.79 bits per heavy atom.